The van der Waals surface area contributed by atoms with Gasteiger partial charge in [-0.05, 0) is 43.4 Å². The van der Waals surface area contributed by atoms with Gasteiger partial charge in [-0.25, -0.2) is 0 Å². The van der Waals surface area contributed by atoms with Crippen LogP contribution in [0.5, 0.6) is 5.75 Å². The molecule has 8 heteroatoms. The molecule has 164 valence electrons. The number of amidine groups is 1. The number of methoxy groups -OCH3 is 1. The molecule has 0 aromatic heterocycles. The molecule has 0 spiro atoms. The van der Waals surface area contributed by atoms with Crippen molar-refractivity contribution in [2.45, 2.75) is 63.6 Å². The van der Waals surface area contributed by atoms with Gasteiger partial charge in [0.15, 0.2) is 0 Å². The van der Waals surface area contributed by atoms with Gasteiger partial charge in [0.25, 0.3) is 0 Å². The van der Waals surface area contributed by atoms with Gasteiger partial charge in [-0.3, -0.25) is 15.0 Å². The fraction of sp³-hybridized carbons (Fsp3) is 0.591. The topological polar surface area (TPSA) is 121 Å². The lowest BCUT2D eigenvalue weighted by atomic mass is 9.95. The molecule has 2 aliphatic rings. The van der Waals surface area contributed by atoms with E-state index in [1.807, 2.05) is 6.07 Å². The highest BCUT2D eigenvalue weighted by Gasteiger charge is 2.33. The molecule has 1 heterocycles. The highest BCUT2D eigenvalue weighted by molar-refractivity contribution is 5.97. The first kappa shape index (κ1) is 22.1. The normalized spacial score (nSPS) is 19.5. The summed E-state index contributed by atoms with van der Waals surface area (Å²) >= 11 is 0. The maximum absolute atomic E-state index is 12.8. The van der Waals surface area contributed by atoms with Crippen molar-refractivity contribution in [3.63, 3.8) is 0 Å². The standard InChI is InChI=1S/C22H33N5O3/c1-30-19-12-15(9-10-17(19)21(23)24)13-26-22(29)18-8-5-11-27(18)20(28)14-25-16-6-3-2-4-7-16/h9-10,12,16,18,25H,2-8,11,13-14H2,1H3,(H3,23,24)(H,26,29)/t18-/m0/s1. The zero-order valence-electron chi connectivity index (χ0n) is 17.7. The van der Waals surface area contributed by atoms with E-state index in [2.05, 4.69) is 10.6 Å². The van der Waals surface area contributed by atoms with Gasteiger partial charge in [0.1, 0.15) is 17.6 Å². The molecule has 1 saturated heterocycles. The van der Waals surface area contributed by atoms with E-state index < -0.39 is 6.04 Å². The first-order chi connectivity index (χ1) is 14.5. The van der Waals surface area contributed by atoms with Crippen LogP contribution in [0.25, 0.3) is 0 Å². The fourth-order valence-electron chi connectivity index (χ4n) is 4.35. The Balaban J connectivity index is 1.52. The number of amides is 2. The molecule has 0 bridgehead atoms. The Morgan fingerprint density at radius 1 is 1.20 bits per heavy atom. The van der Waals surface area contributed by atoms with E-state index in [9.17, 15) is 9.59 Å². The van der Waals surface area contributed by atoms with Crippen LogP contribution in [0, 0.1) is 5.41 Å². The van der Waals surface area contributed by atoms with E-state index in [4.69, 9.17) is 15.9 Å². The number of nitrogens with one attached hydrogen (secondary N) is 3. The minimum absolute atomic E-state index is 0.00528. The molecule has 3 rings (SSSR count). The summed E-state index contributed by atoms with van der Waals surface area (Å²) in [5.41, 5.74) is 6.92. The Morgan fingerprint density at radius 2 is 1.97 bits per heavy atom. The van der Waals surface area contributed by atoms with Crippen molar-refractivity contribution in [3.8, 4) is 5.75 Å². The van der Waals surface area contributed by atoms with Gasteiger partial charge in [-0.2, -0.15) is 0 Å². The van der Waals surface area contributed by atoms with Gasteiger partial charge in [0, 0.05) is 19.1 Å². The van der Waals surface area contributed by atoms with Gasteiger partial charge in [0.2, 0.25) is 11.8 Å². The van der Waals surface area contributed by atoms with Crippen LogP contribution in [0.3, 0.4) is 0 Å². The maximum Gasteiger partial charge on any atom is 0.243 e. The zero-order chi connectivity index (χ0) is 21.5. The Morgan fingerprint density at radius 3 is 2.67 bits per heavy atom. The molecular formula is C22H33N5O3. The van der Waals surface area contributed by atoms with Crippen molar-refractivity contribution < 1.29 is 14.3 Å². The van der Waals surface area contributed by atoms with Crippen molar-refractivity contribution in [1.82, 2.24) is 15.5 Å². The van der Waals surface area contributed by atoms with E-state index in [0.29, 0.717) is 43.4 Å². The van der Waals surface area contributed by atoms with Crippen LogP contribution in [-0.4, -0.2) is 54.8 Å². The lowest BCUT2D eigenvalue weighted by molar-refractivity contribution is -0.138. The van der Waals surface area contributed by atoms with E-state index in [1.165, 1.54) is 26.4 Å². The number of ether oxygens (including phenoxy) is 1. The average molecular weight is 416 g/mol. The monoisotopic (exact) mass is 415 g/mol. The van der Waals surface area contributed by atoms with Gasteiger partial charge >= 0.3 is 0 Å². The quantitative estimate of drug-likeness (QED) is 0.379. The predicted octanol–water partition coefficient (Wildman–Crippen LogP) is 1.51. The molecule has 2 fully saturated rings. The minimum atomic E-state index is -0.413. The third-order valence-electron chi connectivity index (χ3n) is 6.05. The second-order valence-corrected chi connectivity index (χ2v) is 8.13. The summed E-state index contributed by atoms with van der Waals surface area (Å²) in [4.78, 5) is 27.2. The van der Waals surface area contributed by atoms with E-state index in [0.717, 1.165) is 24.8 Å². The number of rotatable bonds is 8. The van der Waals surface area contributed by atoms with Crippen molar-refractivity contribution in [2.24, 2.45) is 5.73 Å². The molecule has 5 N–H and O–H groups in total. The largest absolute Gasteiger partial charge is 0.496 e. The van der Waals surface area contributed by atoms with Gasteiger partial charge in [0.05, 0.1) is 19.2 Å². The number of carbonyl (C=O) groups is 2. The van der Waals surface area contributed by atoms with Crippen LogP contribution >= 0.6 is 0 Å². The predicted molar refractivity (Wildman–Crippen MR) is 115 cm³/mol. The summed E-state index contributed by atoms with van der Waals surface area (Å²) in [6, 6.07) is 5.30. The minimum Gasteiger partial charge on any atom is -0.496 e. The molecule has 1 aromatic carbocycles. The molecule has 0 radical (unpaired) electrons. The highest BCUT2D eigenvalue weighted by atomic mass is 16.5. The van der Waals surface area contributed by atoms with Crippen LogP contribution in [0.15, 0.2) is 18.2 Å². The van der Waals surface area contributed by atoms with Crippen LogP contribution < -0.4 is 21.1 Å². The fourth-order valence-corrected chi connectivity index (χ4v) is 4.35. The third-order valence-corrected chi connectivity index (χ3v) is 6.05. The van der Waals surface area contributed by atoms with Crippen LogP contribution in [0.2, 0.25) is 0 Å². The first-order valence-corrected chi connectivity index (χ1v) is 10.8. The smallest absolute Gasteiger partial charge is 0.243 e. The summed E-state index contributed by atoms with van der Waals surface area (Å²) in [7, 11) is 1.52. The SMILES string of the molecule is COc1cc(CNC(=O)[C@@H]2CCCN2C(=O)CNC2CCCCC2)ccc1C(=N)N. The molecule has 0 unspecified atom stereocenters. The number of carbonyl (C=O) groups excluding carboxylic acids is 2. The highest BCUT2D eigenvalue weighted by Crippen LogP contribution is 2.21. The Labute approximate surface area is 178 Å². The van der Waals surface area contributed by atoms with Gasteiger partial charge < -0.3 is 26.0 Å². The van der Waals surface area contributed by atoms with Crippen molar-refractivity contribution in [1.29, 1.82) is 5.41 Å². The number of nitrogens with two attached hydrogens (primary N) is 1. The van der Waals surface area contributed by atoms with Crippen LogP contribution in [0.1, 0.15) is 56.1 Å². The molecule has 1 aromatic rings. The van der Waals surface area contributed by atoms with Gasteiger partial charge in [-0.1, -0.05) is 25.3 Å². The Kier molecular flexibility index (Phi) is 7.68. The summed E-state index contributed by atoms with van der Waals surface area (Å²) in [6.07, 6.45) is 7.51. The molecule has 1 saturated carbocycles. The van der Waals surface area contributed by atoms with Crippen LogP contribution in [0.4, 0.5) is 0 Å². The van der Waals surface area contributed by atoms with Gasteiger partial charge in [-0.15, -0.1) is 0 Å². The van der Waals surface area contributed by atoms with E-state index in [-0.39, 0.29) is 17.6 Å². The molecular weight excluding hydrogens is 382 g/mol. The second-order valence-electron chi connectivity index (χ2n) is 8.13. The average Bonchev–Trinajstić information content (AvgIpc) is 3.26. The number of hydrogen-bond acceptors (Lipinski definition) is 5. The van der Waals surface area contributed by atoms with Crippen molar-refractivity contribution in [2.75, 3.05) is 20.2 Å². The summed E-state index contributed by atoms with van der Waals surface area (Å²) in [6.45, 7) is 1.26. The number of benzene rings is 1. The van der Waals surface area contributed by atoms with Crippen molar-refractivity contribution in [3.05, 3.63) is 29.3 Å². The number of nitrogens with zero attached hydrogens (tertiary/aromatic N) is 1. The second kappa shape index (κ2) is 10.4. The summed E-state index contributed by atoms with van der Waals surface area (Å²) in [5, 5.41) is 13.9. The molecule has 30 heavy (non-hydrogen) atoms. The summed E-state index contributed by atoms with van der Waals surface area (Å²) in [5.74, 6) is 0.309. The van der Waals surface area contributed by atoms with Crippen LogP contribution in [-0.2, 0) is 16.1 Å². The third kappa shape index (κ3) is 5.50. The van der Waals surface area contributed by atoms with E-state index in [1.54, 1.807) is 17.0 Å². The molecule has 1 aliphatic heterocycles. The number of hydrogen-bond donors (Lipinski definition) is 4. The molecule has 2 amide bonds. The number of likely N-dealkylation sites (tertiary alicyclic amines) is 1. The first-order valence-electron chi connectivity index (χ1n) is 10.8. The number of nitrogen functional groups attached to an aromatic ring is 1. The lowest BCUT2D eigenvalue weighted by Gasteiger charge is -2.27. The maximum atomic E-state index is 12.8. The molecule has 1 aliphatic carbocycles. The molecule has 8 nitrogen and oxygen atoms in total. The molecule has 1 atom stereocenters. The Bertz CT molecular complexity index is 776. The van der Waals surface area contributed by atoms with Crippen molar-refractivity contribution >= 4 is 17.6 Å². The summed E-state index contributed by atoms with van der Waals surface area (Å²) < 4.78 is 5.29. The zero-order valence-corrected chi connectivity index (χ0v) is 17.7. The lowest BCUT2D eigenvalue weighted by Crippen LogP contribution is -2.49. The Hall–Kier alpha value is -2.61. The van der Waals surface area contributed by atoms with E-state index >= 15 is 0 Å².